The largest absolute Gasteiger partial charge is 0.444 e. The van der Waals surface area contributed by atoms with E-state index in [9.17, 15) is 4.79 Å². The Morgan fingerprint density at radius 2 is 1.94 bits per heavy atom. The SMILES string of the molecule is C=C1C[C@@H](CC)[C@@H](CN(C)C(=O)OC(C)(C)C)C1. The van der Waals surface area contributed by atoms with Crippen molar-refractivity contribution in [1.29, 1.82) is 0 Å². The van der Waals surface area contributed by atoms with Gasteiger partial charge in [0.1, 0.15) is 5.60 Å². The van der Waals surface area contributed by atoms with Crippen molar-refractivity contribution in [2.45, 2.75) is 52.6 Å². The van der Waals surface area contributed by atoms with Gasteiger partial charge in [0.15, 0.2) is 0 Å². The van der Waals surface area contributed by atoms with Gasteiger partial charge in [-0.15, -0.1) is 0 Å². The van der Waals surface area contributed by atoms with E-state index in [1.807, 2.05) is 27.8 Å². The molecule has 0 N–H and O–H groups in total. The second-order valence-corrected chi connectivity index (χ2v) is 6.45. The first-order valence-electron chi connectivity index (χ1n) is 6.83. The van der Waals surface area contributed by atoms with Gasteiger partial charge in [0.2, 0.25) is 0 Å². The quantitative estimate of drug-likeness (QED) is 0.715. The van der Waals surface area contributed by atoms with Crippen LogP contribution in [-0.4, -0.2) is 30.2 Å². The van der Waals surface area contributed by atoms with Crippen LogP contribution in [0.15, 0.2) is 12.2 Å². The molecule has 0 saturated heterocycles. The number of hydrogen-bond donors (Lipinski definition) is 0. The molecule has 0 radical (unpaired) electrons. The maximum atomic E-state index is 11.9. The van der Waals surface area contributed by atoms with Crippen molar-refractivity contribution in [2.24, 2.45) is 11.8 Å². The van der Waals surface area contributed by atoms with Gasteiger partial charge in [0.05, 0.1) is 0 Å². The zero-order valence-electron chi connectivity index (χ0n) is 12.5. The molecule has 1 aliphatic carbocycles. The van der Waals surface area contributed by atoms with Crippen molar-refractivity contribution in [3.05, 3.63) is 12.2 Å². The summed E-state index contributed by atoms with van der Waals surface area (Å²) < 4.78 is 5.37. The zero-order valence-corrected chi connectivity index (χ0v) is 12.5. The molecular formula is C15H27NO2. The topological polar surface area (TPSA) is 29.5 Å². The molecule has 1 saturated carbocycles. The first kappa shape index (κ1) is 15.1. The summed E-state index contributed by atoms with van der Waals surface area (Å²) in [6.07, 6.45) is 3.09. The van der Waals surface area contributed by atoms with E-state index < -0.39 is 5.60 Å². The van der Waals surface area contributed by atoms with Crippen LogP contribution in [0.25, 0.3) is 0 Å². The van der Waals surface area contributed by atoms with Gasteiger partial charge in [0.25, 0.3) is 0 Å². The molecule has 18 heavy (non-hydrogen) atoms. The fraction of sp³-hybridized carbons (Fsp3) is 0.800. The van der Waals surface area contributed by atoms with Gasteiger partial charge < -0.3 is 9.64 Å². The normalized spacial score (nSPS) is 24.2. The van der Waals surface area contributed by atoms with Crippen LogP contribution in [0.4, 0.5) is 4.79 Å². The van der Waals surface area contributed by atoms with Crippen LogP contribution >= 0.6 is 0 Å². The number of hydrogen-bond acceptors (Lipinski definition) is 2. The molecule has 0 aromatic rings. The van der Waals surface area contributed by atoms with Crippen molar-refractivity contribution in [2.75, 3.05) is 13.6 Å². The van der Waals surface area contributed by atoms with E-state index in [0.29, 0.717) is 11.8 Å². The standard InChI is InChI=1S/C15H27NO2/c1-7-12-8-11(2)9-13(12)10-16(6)14(17)18-15(3,4)5/h12-13H,2,7-10H2,1,3-6H3/t12-,13-/m1/s1. The number of nitrogens with zero attached hydrogens (tertiary/aromatic N) is 1. The Morgan fingerprint density at radius 1 is 1.39 bits per heavy atom. The van der Waals surface area contributed by atoms with Crippen LogP contribution in [0.5, 0.6) is 0 Å². The molecular weight excluding hydrogens is 226 g/mol. The van der Waals surface area contributed by atoms with Crippen molar-refractivity contribution in [3.63, 3.8) is 0 Å². The van der Waals surface area contributed by atoms with Crippen molar-refractivity contribution < 1.29 is 9.53 Å². The third kappa shape index (κ3) is 4.35. The molecule has 2 atom stereocenters. The number of ether oxygens (including phenoxy) is 1. The van der Waals surface area contributed by atoms with E-state index in [2.05, 4.69) is 13.5 Å². The van der Waals surface area contributed by atoms with Crippen LogP contribution in [0, 0.1) is 11.8 Å². The van der Waals surface area contributed by atoms with Gasteiger partial charge in [-0.05, 0) is 45.4 Å². The molecule has 0 spiro atoms. The van der Waals surface area contributed by atoms with Crippen molar-refractivity contribution in [3.8, 4) is 0 Å². The first-order valence-corrected chi connectivity index (χ1v) is 6.83. The van der Waals surface area contributed by atoms with Gasteiger partial charge >= 0.3 is 6.09 Å². The summed E-state index contributed by atoms with van der Waals surface area (Å²) in [6, 6.07) is 0. The Hall–Kier alpha value is -0.990. The molecule has 0 unspecified atom stereocenters. The van der Waals surface area contributed by atoms with Crippen molar-refractivity contribution in [1.82, 2.24) is 4.90 Å². The highest BCUT2D eigenvalue weighted by Crippen LogP contribution is 2.37. The number of rotatable bonds is 3. The Kier molecular flexibility index (Phi) is 4.83. The van der Waals surface area contributed by atoms with E-state index in [0.717, 1.165) is 25.8 Å². The summed E-state index contributed by atoms with van der Waals surface area (Å²) in [5, 5.41) is 0. The summed E-state index contributed by atoms with van der Waals surface area (Å²) in [6.45, 7) is 12.7. The van der Waals surface area contributed by atoms with E-state index in [-0.39, 0.29) is 6.09 Å². The molecule has 0 aromatic carbocycles. The molecule has 1 amide bonds. The first-order chi connectivity index (χ1) is 8.23. The molecule has 0 aliphatic heterocycles. The van der Waals surface area contributed by atoms with E-state index in [4.69, 9.17) is 4.74 Å². The van der Waals surface area contributed by atoms with Crippen LogP contribution < -0.4 is 0 Å². The number of carbonyl (C=O) groups is 1. The van der Waals surface area contributed by atoms with E-state index in [1.165, 1.54) is 5.57 Å². The highest BCUT2D eigenvalue weighted by atomic mass is 16.6. The molecule has 104 valence electrons. The second kappa shape index (κ2) is 5.77. The van der Waals surface area contributed by atoms with Gasteiger partial charge in [-0.1, -0.05) is 25.5 Å². The van der Waals surface area contributed by atoms with Crippen LogP contribution in [0.2, 0.25) is 0 Å². The van der Waals surface area contributed by atoms with Gasteiger partial charge in [0, 0.05) is 13.6 Å². The summed E-state index contributed by atoms with van der Waals surface area (Å²) in [5.74, 6) is 1.21. The van der Waals surface area contributed by atoms with Gasteiger partial charge in [-0.2, -0.15) is 0 Å². The fourth-order valence-electron chi connectivity index (χ4n) is 2.62. The number of carbonyl (C=O) groups excluding carboxylic acids is 1. The summed E-state index contributed by atoms with van der Waals surface area (Å²) >= 11 is 0. The van der Waals surface area contributed by atoms with Crippen LogP contribution in [-0.2, 0) is 4.74 Å². The average molecular weight is 253 g/mol. The zero-order chi connectivity index (χ0) is 13.9. The molecule has 0 heterocycles. The molecule has 3 nitrogen and oxygen atoms in total. The minimum absolute atomic E-state index is 0.227. The molecule has 1 aliphatic rings. The number of amides is 1. The highest BCUT2D eigenvalue weighted by molar-refractivity contribution is 5.67. The lowest BCUT2D eigenvalue weighted by Gasteiger charge is -2.28. The lowest BCUT2D eigenvalue weighted by Crippen LogP contribution is -2.37. The maximum absolute atomic E-state index is 11.9. The Balaban J connectivity index is 2.51. The smallest absolute Gasteiger partial charge is 0.410 e. The summed E-state index contributed by atoms with van der Waals surface area (Å²) in [7, 11) is 1.82. The number of allylic oxidation sites excluding steroid dienone is 1. The minimum atomic E-state index is -0.422. The lowest BCUT2D eigenvalue weighted by molar-refractivity contribution is 0.0262. The van der Waals surface area contributed by atoms with Crippen LogP contribution in [0.1, 0.15) is 47.0 Å². The Bertz CT molecular complexity index is 317. The fourth-order valence-corrected chi connectivity index (χ4v) is 2.62. The highest BCUT2D eigenvalue weighted by Gasteiger charge is 2.31. The lowest BCUT2D eigenvalue weighted by atomic mass is 9.93. The predicted octanol–water partition coefficient (Wildman–Crippen LogP) is 3.85. The van der Waals surface area contributed by atoms with Gasteiger partial charge in [-0.3, -0.25) is 0 Å². The van der Waals surface area contributed by atoms with Crippen molar-refractivity contribution >= 4 is 6.09 Å². The minimum Gasteiger partial charge on any atom is -0.444 e. The molecule has 0 bridgehead atoms. The third-order valence-corrected chi connectivity index (χ3v) is 3.51. The third-order valence-electron chi connectivity index (χ3n) is 3.51. The molecule has 0 aromatic heterocycles. The molecule has 3 heteroatoms. The second-order valence-electron chi connectivity index (χ2n) is 6.45. The molecule has 1 fully saturated rings. The Labute approximate surface area is 111 Å². The maximum Gasteiger partial charge on any atom is 0.410 e. The van der Waals surface area contributed by atoms with E-state index in [1.54, 1.807) is 4.90 Å². The Morgan fingerprint density at radius 3 is 2.44 bits per heavy atom. The summed E-state index contributed by atoms with van der Waals surface area (Å²) in [4.78, 5) is 13.6. The van der Waals surface area contributed by atoms with Crippen LogP contribution in [0.3, 0.4) is 0 Å². The van der Waals surface area contributed by atoms with Gasteiger partial charge in [-0.25, -0.2) is 4.79 Å². The molecule has 1 rings (SSSR count). The average Bonchev–Trinajstić information content (AvgIpc) is 2.56. The summed E-state index contributed by atoms with van der Waals surface area (Å²) in [5.41, 5.74) is 0.902. The van der Waals surface area contributed by atoms with E-state index >= 15 is 0 Å². The monoisotopic (exact) mass is 253 g/mol. The predicted molar refractivity (Wildman–Crippen MR) is 74.5 cm³/mol.